The summed E-state index contributed by atoms with van der Waals surface area (Å²) in [5, 5.41) is 0. The maximum Gasteiger partial charge on any atom is 0.222 e. The quantitative estimate of drug-likeness (QED) is 0.858. The predicted octanol–water partition coefficient (Wildman–Crippen LogP) is 1.61. The average Bonchev–Trinajstić information content (AvgIpc) is 2.52. The zero-order chi connectivity index (χ0) is 16.1. The molecule has 2 N–H and O–H groups in total. The first-order chi connectivity index (χ1) is 10.5. The fraction of sp³-hybridized carbons (Fsp3) is 0.882. The second-order valence-electron chi connectivity index (χ2n) is 7.00. The van der Waals surface area contributed by atoms with Gasteiger partial charge in [-0.05, 0) is 43.9 Å². The molecule has 2 aliphatic rings. The fourth-order valence-corrected chi connectivity index (χ4v) is 3.93. The van der Waals surface area contributed by atoms with Crippen LogP contribution in [0.1, 0.15) is 52.4 Å². The summed E-state index contributed by atoms with van der Waals surface area (Å²) in [4.78, 5) is 27.8. The minimum atomic E-state index is 0.169. The highest BCUT2D eigenvalue weighted by molar-refractivity contribution is 5.76. The molecule has 2 atom stereocenters. The number of likely N-dealkylation sites (tertiary alicyclic amines) is 2. The largest absolute Gasteiger partial charge is 0.343 e. The monoisotopic (exact) mass is 309 g/mol. The van der Waals surface area contributed by atoms with Gasteiger partial charge >= 0.3 is 0 Å². The second-order valence-corrected chi connectivity index (χ2v) is 7.00. The van der Waals surface area contributed by atoms with Gasteiger partial charge in [0.15, 0.2) is 0 Å². The van der Waals surface area contributed by atoms with E-state index in [4.69, 9.17) is 5.73 Å². The Labute approximate surface area is 134 Å². The Kier molecular flexibility index (Phi) is 6.24. The van der Waals surface area contributed by atoms with E-state index in [9.17, 15) is 9.59 Å². The maximum atomic E-state index is 12.5. The van der Waals surface area contributed by atoms with Gasteiger partial charge in [-0.25, -0.2) is 0 Å². The Morgan fingerprint density at radius 2 is 1.82 bits per heavy atom. The Bertz CT molecular complexity index is 391. The molecule has 0 aliphatic carbocycles. The van der Waals surface area contributed by atoms with Crippen molar-refractivity contribution in [2.45, 2.75) is 58.4 Å². The molecule has 0 radical (unpaired) electrons. The summed E-state index contributed by atoms with van der Waals surface area (Å²) in [6.45, 7) is 6.97. The molecule has 22 heavy (non-hydrogen) atoms. The van der Waals surface area contributed by atoms with Gasteiger partial charge in [-0.3, -0.25) is 9.59 Å². The van der Waals surface area contributed by atoms with Crippen LogP contribution >= 0.6 is 0 Å². The van der Waals surface area contributed by atoms with Crippen molar-refractivity contribution in [1.29, 1.82) is 0 Å². The van der Waals surface area contributed by atoms with Gasteiger partial charge < -0.3 is 15.5 Å². The van der Waals surface area contributed by atoms with Crippen molar-refractivity contribution in [2.24, 2.45) is 17.6 Å². The van der Waals surface area contributed by atoms with Crippen molar-refractivity contribution in [3.63, 3.8) is 0 Å². The third kappa shape index (κ3) is 4.22. The zero-order valence-corrected chi connectivity index (χ0v) is 14.1. The molecule has 2 aliphatic heterocycles. The van der Waals surface area contributed by atoms with Gasteiger partial charge in [0.2, 0.25) is 11.8 Å². The van der Waals surface area contributed by atoms with Crippen LogP contribution in [0, 0.1) is 11.8 Å². The van der Waals surface area contributed by atoms with Gasteiger partial charge in [-0.1, -0.05) is 6.92 Å². The van der Waals surface area contributed by atoms with Crippen molar-refractivity contribution < 1.29 is 9.59 Å². The number of carbonyl (C=O) groups excluding carboxylic acids is 2. The van der Waals surface area contributed by atoms with Gasteiger partial charge in [0.25, 0.3) is 0 Å². The van der Waals surface area contributed by atoms with E-state index < -0.39 is 0 Å². The molecule has 2 saturated heterocycles. The molecule has 0 spiro atoms. The molecule has 0 saturated carbocycles. The molecule has 2 amide bonds. The number of nitrogens with two attached hydrogens (primary N) is 1. The van der Waals surface area contributed by atoms with Crippen molar-refractivity contribution in [3.05, 3.63) is 0 Å². The van der Waals surface area contributed by atoms with Crippen LogP contribution < -0.4 is 5.73 Å². The molecule has 5 nitrogen and oxygen atoms in total. The summed E-state index contributed by atoms with van der Waals surface area (Å²) in [7, 11) is 0. The summed E-state index contributed by atoms with van der Waals surface area (Å²) in [6, 6.07) is 0.223. The zero-order valence-electron chi connectivity index (χ0n) is 14.1. The Morgan fingerprint density at radius 1 is 1.14 bits per heavy atom. The molecule has 126 valence electrons. The number of hydrogen-bond donors (Lipinski definition) is 1. The first-order valence-corrected chi connectivity index (χ1v) is 8.78. The molecule has 2 heterocycles. The topological polar surface area (TPSA) is 66.6 Å². The predicted molar refractivity (Wildman–Crippen MR) is 87.2 cm³/mol. The number of piperidine rings is 2. The first-order valence-electron chi connectivity index (χ1n) is 8.78. The minimum absolute atomic E-state index is 0.169. The SMILES string of the molecule is CC(=O)N1CCC(CCC(=O)N2CCC[C@H](C)[C@H]2CN)CC1. The lowest BCUT2D eigenvalue weighted by molar-refractivity contribution is -0.137. The molecule has 5 heteroatoms. The van der Waals surface area contributed by atoms with E-state index in [1.165, 1.54) is 6.42 Å². The van der Waals surface area contributed by atoms with E-state index in [2.05, 4.69) is 6.92 Å². The van der Waals surface area contributed by atoms with Gasteiger partial charge in [0.1, 0.15) is 0 Å². The van der Waals surface area contributed by atoms with Gasteiger partial charge in [-0.15, -0.1) is 0 Å². The molecule has 0 aromatic heterocycles. The molecule has 0 aromatic rings. The number of rotatable bonds is 4. The number of hydrogen-bond acceptors (Lipinski definition) is 3. The van der Waals surface area contributed by atoms with Crippen LogP contribution in [0.4, 0.5) is 0 Å². The fourth-order valence-electron chi connectivity index (χ4n) is 3.93. The van der Waals surface area contributed by atoms with Gasteiger partial charge in [-0.2, -0.15) is 0 Å². The normalized spacial score (nSPS) is 27.0. The van der Waals surface area contributed by atoms with Crippen molar-refractivity contribution in [3.8, 4) is 0 Å². The summed E-state index contributed by atoms with van der Waals surface area (Å²) in [5.74, 6) is 1.54. The standard InChI is InChI=1S/C17H31N3O2/c1-13-4-3-9-20(16(13)12-18)17(22)6-5-15-7-10-19(11-8-15)14(2)21/h13,15-16H,3-12,18H2,1-2H3/t13-,16+/m0/s1. The highest BCUT2D eigenvalue weighted by Gasteiger charge is 2.31. The Hall–Kier alpha value is -1.10. The molecule has 2 rings (SSSR count). The summed E-state index contributed by atoms with van der Waals surface area (Å²) in [6.07, 6.45) is 5.92. The van der Waals surface area contributed by atoms with Crippen LogP contribution in [0.15, 0.2) is 0 Å². The van der Waals surface area contributed by atoms with E-state index in [-0.39, 0.29) is 17.9 Å². The molecule has 0 unspecified atom stereocenters. The minimum Gasteiger partial charge on any atom is -0.343 e. The third-order valence-electron chi connectivity index (χ3n) is 5.50. The van der Waals surface area contributed by atoms with Crippen molar-refractivity contribution in [2.75, 3.05) is 26.2 Å². The highest BCUT2D eigenvalue weighted by Crippen LogP contribution is 2.26. The first kappa shape index (κ1) is 17.3. The second kappa shape index (κ2) is 7.95. The molecular weight excluding hydrogens is 278 g/mol. The highest BCUT2D eigenvalue weighted by atomic mass is 16.2. The molecule has 2 fully saturated rings. The van der Waals surface area contributed by atoms with Crippen LogP contribution in [-0.4, -0.2) is 53.8 Å². The Balaban J connectivity index is 1.77. The summed E-state index contributed by atoms with van der Waals surface area (Å²) >= 11 is 0. The third-order valence-corrected chi connectivity index (χ3v) is 5.50. The summed E-state index contributed by atoms with van der Waals surface area (Å²) < 4.78 is 0. The van der Waals surface area contributed by atoms with Crippen molar-refractivity contribution >= 4 is 11.8 Å². The van der Waals surface area contributed by atoms with E-state index in [1.54, 1.807) is 6.92 Å². The van der Waals surface area contributed by atoms with Crippen LogP contribution in [-0.2, 0) is 9.59 Å². The lowest BCUT2D eigenvalue weighted by atomic mass is 9.89. The number of amides is 2. The van der Waals surface area contributed by atoms with Gasteiger partial charge in [0.05, 0.1) is 0 Å². The van der Waals surface area contributed by atoms with Crippen LogP contribution in [0.5, 0.6) is 0 Å². The Morgan fingerprint density at radius 3 is 2.41 bits per heavy atom. The molecule has 0 aromatic carbocycles. The average molecular weight is 309 g/mol. The van der Waals surface area contributed by atoms with Crippen LogP contribution in [0.3, 0.4) is 0 Å². The van der Waals surface area contributed by atoms with Gasteiger partial charge in [0, 0.05) is 45.6 Å². The lowest BCUT2D eigenvalue weighted by Crippen LogP contribution is -2.51. The van der Waals surface area contributed by atoms with Crippen LogP contribution in [0.2, 0.25) is 0 Å². The lowest BCUT2D eigenvalue weighted by Gasteiger charge is -2.40. The number of nitrogens with zero attached hydrogens (tertiary/aromatic N) is 2. The van der Waals surface area contributed by atoms with E-state index in [0.29, 0.717) is 24.8 Å². The number of carbonyl (C=O) groups is 2. The molecular formula is C17H31N3O2. The van der Waals surface area contributed by atoms with Crippen molar-refractivity contribution in [1.82, 2.24) is 9.80 Å². The van der Waals surface area contributed by atoms with E-state index in [1.807, 2.05) is 9.80 Å². The van der Waals surface area contributed by atoms with E-state index >= 15 is 0 Å². The smallest absolute Gasteiger partial charge is 0.222 e. The maximum absolute atomic E-state index is 12.5. The van der Waals surface area contributed by atoms with Crippen LogP contribution in [0.25, 0.3) is 0 Å². The van der Waals surface area contributed by atoms with E-state index in [0.717, 1.165) is 45.3 Å². The molecule has 0 bridgehead atoms. The summed E-state index contributed by atoms with van der Waals surface area (Å²) in [5.41, 5.74) is 5.87.